The molecule has 1 aromatic heterocycles. The van der Waals surface area contributed by atoms with Crippen LogP contribution in [0.1, 0.15) is 42.7 Å². The number of aromatic nitrogens is 2. The van der Waals surface area contributed by atoms with Crippen molar-refractivity contribution in [1.82, 2.24) is 9.78 Å². The van der Waals surface area contributed by atoms with Crippen LogP contribution in [0.15, 0.2) is 6.20 Å². The van der Waals surface area contributed by atoms with Crippen molar-refractivity contribution in [3.63, 3.8) is 0 Å². The normalized spacial score (nSPS) is 18.2. The molecule has 0 aromatic carbocycles. The van der Waals surface area contributed by atoms with Crippen molar-refractivity contribution < 1.29 is 27.4 Å². The van der Waals surface area contributed by atoms with E-state index in [2.05, 4.69) is 5.10 Å². The van der Waals surface area contributed by atoms with Crippen LogP contribution in [-0.2, 0) is 22.2 Å². The number of ether oxygens (including phenoxy) is 2. The molecule has 0 radical (unpaired) electrons. The van der Waals surface area contributed by atoms with Crippen molar-refractivity contribution >= 4 is 5.97 Å². The Hall–Kier alpha value is -1.57. The van der Waals surface area contributed by atoms with Crippen LogP contribution in [-0.4, -0.2) is 35.1 Å². The van der Waals surface area contributed by atoms with E-state index in [0.29, 0.717) is 13.2 Å². The van der Waals surface area contributed by atoms with Gasteiger partial charge in [0.1, 0.15) is 11.7 Å². The molecule has 22 heavy (non-hydrogen) atoms. The van der Waals surface area contributed by atoms with Crippen LogP contribution in [0.5, 0.6) is 0 Å². The molecule has 1 fully saturated rings. The lowest BCUT2D eigenvalue weighted by Gasteiger charge is -2.27. The van der Waals surface area contributed by atoms with Crippen molar-refractivity contribution in [2.45, 2.75) is 45.5 Å². The quantitative estimate of drug-likeness (QED) is 0.801. The Labute approximate surface area is 126 Å². The van der Waals surface area contributed by atoms with Crippen LogP contribution in [0, 0.1) is 5.92 Å². The highest BCUT2D eigenvalue weighted by atomic mass is 19.4. The maximum absolute atomic E-state index is 13.1. The molecule has 1 aliphatic rings. The number of hydrogen-bond acceptors (Lipinski definition) is 4. The number of alkyl halides is 3. The van der Waals surface area contributed by atoms with Gasteiger partial charge in [0, 0.05) is 25.7 Å². The second-order valence-corrected chi connectivity index (χ2v) is 5.28. The predicted molar refractivity (Wildman–Crippen MR) is 71.3 cm³/mol. The van der Waals surface area contributed by atoms with E-state index < -0.39 is 29.5 Å². The molecule has 1 aromatic rings. The molecule has 0 unspecified atom stereocenters. The summed E-state index contributed by atoms with van der Waals surface area (Å²) in [5.74, 6) is -0.876. The van der Waals surface area contributed by atoms with E-state index in [9.17, 15) is 18.0 Å². The summed E-state index contributed by atoms with van der Waals surface area (Å²) in [6, 6.07) is 0. The van der Waals surface area contributed by atoms with Gasteiger partial charge in [-0.15, -0.1) is 0 Å². The van der Waals surface area contributed by atoms with Gasteiger partial charge in [0.2, 0.25) is 0 Å². The molecular formula is C14H19F3N2O3. The second kappa shape index (κ2) is 6.68. The molecule has 0 N–H and O–H groups in total. The van der Waals surface area contributed by atoms with Crippen molar-refractivity contribution in [1.29, 1.82) is 0 Å². The van der Waals surface area contributed by atoms with Gasteiger partial charge in [-0.2, -0.15) is 18.3 Å². The van der Waals surface area contributed by atoms with Gasteiger partial charge in [-0.3, -0.25) is 4.68 Å². The highest BCUT2D eigenvalue weighted by Crippen LogP contribution is 2.33. The fraction of sp³-hybridized carbons (Fsp3) is 0.714. The Morgan fingerprint density at radius 2 is 2.14 bits per heavy atom. The minimum absolute atomic E-state index is 0.0254. The Morgan fingerprint density at radius 3 is 2.68 bits per heavy atom. The Balaban J connectivity index is 2.14. The van der Waals surface area contributed by atoms with E-state index in [4.69, 9.17) is 9.47 Å². The van der Waals surface area contributed by atoms with Gasteiger partial charge >= 0.3 is 12.1 Å². The SMILES string of the molecule is CCn1ncc(C(=O)O[C@@H](C)C2CCOCC2)c1C(F)(F)F. The Morgan fingerprint density at radius 1 is 1.50 bits per heavy atom. The largest absolute Gasteiger partial charge is 0.459 e. The van der Waals surface area contributed by atoms with Crippen LogP contribution in [0.4, 0.5) is 13.2 Å². The van der Waals surface area contributed by atoms with E-state index in [1.54, 1.807) is 6.92 Å². The number of carbonyl (C=O) groups excluding carboxylic acids is 1. The number of esters is 1. The number of aryl methyl sites for hydroxylation is 1. The summed E-state index contributed by atoms with van der Waals surface area (Å²) in [7, 11) is 0. The summed E-state index contributed by atoms with van der Waals surface area (Å²) < 4.78 is 50.5. The van der Waals surface area contributed by atoms with Crippen LogP contribution < -0.4 is 0 Å². The lowest BCUT2D eigenvalue weighted by Crippen LogP contribution is -2.30. The third-order valence-corrected chi connectivity index (χ3v) is 3.85. The third kappa shape index (κ3) is 3.60. The van der Waals surface area contributed by atoms with Crippen LogP contribution in [0.3, 0.4) is 0 Å². The molecule has 1 atom stereocenters. The molecule has 8 heteroatoms. The topological polar surface area (TPSA) is 53.4 Å². The highest BCUT2D eigenvalue weighted by molar-refractivity contribution is 5.90. The first-order chi connectivity index (χ1) is 10.3. The van der Waals surface area contributed by atoms with Gasteiger partial charge in [-0.25, -0.2) is 4.79 Å². The van der Waals surface area contributed by atoms with Crippen molar-refractivity contribution in [2.75, 3.05) is 13.2 Å². The van der Waals surface area contributed by atoms with Gasteiger partial charge in [0.05, 0.1) is 6.20 Å². The number of nitrogens with zero attached hydrogens (tertiary/aromatic N) is 2. The van der Waals surface area contributed by atoms with E-state index >= 15 is 0 Å². The van der Waals surface area contributed by atoms with Crippen LogP contribution in [0.25, 0.3) is 0 Å². The van der Waals surface area contributed by atoms with E-state index in [0.717, 1.165) is 23.7 Å². The van der Waals surface area contributed by atoms with Gasteiger partial charge in [-0.1, -0.05) is 0 Å². The monoisotopic (exact) mass is 320 g/mol. The zero-order valence-electron chi connectivity index (χ0n) is 12.5. The van der Waals surface area contributed by atoms with Crippen LogP contribution >= 0.6 is 0 Å². The smallest absolute Gasteiger partial charge is 0.433 e. The third-order valence-electron chi connectivity index (χ3n) is 3.85. The van der Waals surface area contributed by atoms with Gasteiger partial charge in [-0.05, 0) is 26.7 Å². The number of rotatable bonds is 4. The molecule has 1 aliphatic heterocycles. The minimum Gasteiger partial charge on any atom is -0.459 e. The first-order valence-electron chi connectivity index (χ1n) is 7.26. The summed E-state index contributed by atoms with van der Waals surface area (Å²) in [5, 5.41) is 3.62. The molecule has 1 saturated heterocycles. The molecule has 124 valence electrons. The number of carbonyl (C=O) groups is 1. The summed E-state index contributed by atoms with van der Waals surface area (Å²) in [6.45, 7) is 4.41. The first-order valence-corrected chi connectivity index (χ1v) is 7.26. The summed E-state index contributed by atoms with van der Waals surface area (Å²) in [4.78, 5) is 12.1. The molecule has 0 amide bonds. The van der Waals surface area contributed by atoms with Crippen LogP contribution in [0.2, 0.25) is 0 Å². The summed E-state index contributed by atoms with van der Waals surface area (Å²) in [6.07, 6.45) is -2.72. The number of halogens is 3. The standard InChI is InChI=1S/C14H19F3N2O3/c1-3-19-12(14(15,16)17)11(8-18-19)13(20)22-9(2)10-4-6-21-7-5-10/h8-10H,3-7H2,1-2H3/t9-/m0/s1. The molecule has 0 saturated carbocycles. The molecule has 2 heterocycles. The number of hydrogen-bond donors (Lipinski definition) is 0. The maximum Gasteiger partial charge on any atom is 0.433 e. The lowest BCUT2D eigenvalue weighted by molar-refractivity contribution is -0.144. The molecule has 2 rings (SSSR count). The van der Waals surface area contributed by atoms with Gasteiger partial charge in [0.15, 0.2) is 5.69 Å². The molecule has 0 aliphatic carbocycles. The average Bonchev–Trinajstić information content (AvgIpc) is 2.92. The van der Waals surface area contributed by atoms with E-state index in [1.807, 2.05) is 0 Å². The van der Waals surface area contributed by atoms with Crippen molar-refractivity contribution in [3.8, 4) is 0 Å². The Kier molecular flexibility index (Phi) is 5.10. The fourth-order valence-electron chi connectivity index (χ4n) is 2.59. The zero-order chi connectivity index (χ0) is 16.3. The molecule has 0 spiro atoms. The molecular weight excluding hydrogens is 301 g/mol. The summed E-state index contributed by atoms with van der Waals surface area (Å²) >= 11 is 0. The van der Waals surface area contributed by atoms with Gasteiger partial charge in [0.25, 0.3) is 0 Å². The Bertz CT molecular complexity index is 522. The highest BCUT2D eigenvalue weighted by Gasteiger charge is 2.40. The maximum atomic E-state index is 13.1. The second-order valence-electron chi connectivity index (χ2n) is 5.28. The van der Waals surface area contributed by atoms with E-state index in [-0.39, 0.29) is 12.5 Å². The molecule has 0 bridgehead atoms. The van der Waals surface area contributed by atoms with Gasteiger partial charge < -0.3 is 9.47 Å². The predicted octanol–water partition coefficient (Wildman–Crippen LogP) is 2.89. The average molecular weight is 320 g/mol. The zero-order valence-corrected chi connectivity index (χ0v) is 12.5. The van der Waals surface area contributed by atoms with E-state index in [1.165, 1.54) is 6.92 Å². The van der Waals surface area contributed by atoms with Crippen molar-refractivity contribution in [2.24, 2.45) is 5.92 Å². The minimum atomic E-state index is -4.65. The van der Waals surface area contributed by atoms with Crippen molar-refractivity contribution in [3.05, 3.63) is 17.5 Å². The fourth-order valence-corrected chi connectivity index (χ4v) is 2.59. The molecule has 5 nitrogen and oxygen atoms in total. The first kappa shape index (κ1) is 16.8. The summed E-state index contributed by atoms with van der Waals surface area (Å²) in [5.41, 5.74) is -1.59. The lowest BCUT2D eigenvalue weighted by atomic mass is 9.95.